The molecule has 1 aromatic rings. The second-order valence-electron chi connectivity index (χ2n) is 5.81. The highest BCUT2D eigenvalue weighted by Crippen LogP contribution is 2.52. The molecule has 2 unspecified atom stereocenters. The predicted octanol–water partition coefficient (Wildman–Crippen LogP) is 6.29. The third-order valence-electron chi connectivity index (χ3n) is 3.81. The van der Waals surface area contributed by atoms with Gasteiger partial charge in [0, 0.05) is 17.4 Å². The fourth-order valence-electron chi connectivity index (χ4n) is 2.46. The maximum absolute atomic E-state index is 13.9. The molecule has 0 saturated heterocycles. The van der Waals surface area contributed by atoms with Crippen molar-refractivity contribution in [1.82, 2.24) is 0 Å². The minimum Gasteiger partial charge on any atom is -0.258 e. The van der Waals surface area contributed by atoms with E-state index in [0.717, 1.165) is 6.07 Å². The van der Waals surface area contributed by atoms with E-state index in [0.29, 0.717) is 12.2 Å². The Morgan fingerprint density at radius 2 is 1.66 bits per heavy atom. The third kappa shape index (κ3) is 4.29. The molecule has 0 saturated carbocycles. The van der Waals surface area contributed by atoms with Crippen LogP contribution in [0.1, 0.15) is 12.0 Å². The summed E-state index contributed by atoms with van der Waals surface area (Å²) in [5, 5.41) is 5.25. The van der Waals surface area contributed by atoms with Crippen LogP contribution in [0.4, 0.5) is 36.4 Å². The van der Waals surface area contributed by atoms with Gasteiger partial charge in [0.15, 0.2) is 0 Å². The highest BCUT2D eigenvalue weighted by atomic mass is 79.9. The highest BCUT2D eigenvalue weighted by Gasteiger charge is 2.76. The Balaban J connectivity index is 2.61. The molecule has 0 N–H and O–H groups in total. The number of rotatable bonds is 5. The van der Waals surface area contributed by atoms with E-state index >= 15 is 0 Å². The van der Waals surface area contributed by atoms with E-state index in [9.17, 15) is 45.1 Å². The molecule has 0 bridgehead atoms. The van der Waals surface area contributed by atoms with Crippen molar-refractivity contribution < 1.29 is 39.9 Å². The van der Waals surface area contributed by atoms with Crippen molar-refractivity contribution in [3.63, 3.8) is 0 Å². The van der Waals surface area contributed by atoms with Gasteiger partial charge >= 0.3 is 17.4 Å². The quantitative estimate of drug-likeness (QED) is 0.180. The van der Waals surface area contributed by atoms with Gasteiger partial charge in [-0.3, -0.25) is 10.1 Å². The number of allylic oxidation sites excluding steroid dienone is 3. The van der Waals surface area contributed by atoms with Gasteiger partial charge in [0.25, 0.3) is 5.69 Å². The first-order valence-corrected chi connectivity index (χ1v) is 10.0. The number of hydrogen-bond acceptors (Lipinski definition) is 3. The van der Waals surface area contributed by atoms with Gasteiger partial charge in [0.1, 0.15) is 10.8 Å². The van der Waals surface area contributed by atoms with Crippen LogP contribution < -0.4 is 0 Å². The number of alkyl halides is 8. The third-order valence-corrected chi connectivity index (χ3v) is 6.64. The van der Waals surface area contributed by atoms with Gasteiger partial charge in [0.2, 0.25) is 0 Å². The van der Waals surface area contributed by atoms with E-state index in [2.05, 4.69) is 31.9 Å². The molecule has 4 nitrogen and oxygen atoms in total. The van der Waals surface area contributed by atoms with Crippen molar-refractivity contribution in [1.29, 1.82) is 0 Å². The standard InChI is InChI=1S/C15H8Br2F7NO3S/c16-8-5-9(29(28)15(23,24)13(18,19)14(20,21)22)7-12(17,6-8)10-3-1-2-4-11(10)25(26)27/h1-5,7H,6H2. The second kappa shape index (κ2) is 7.76. The van der Waals surface area contributed by atoms with Crippen LogP contribution in [0.25, 0.3) is 0 Å². The lowest BCUT2D eigenvalue weighted by molar-refractivity contribution is -0.385. The fraction of sp³-hybridized carbons (Fsp3) is 0.333. The number of nitro groups is 1. The molecule has 0 amide bonds. The van der Waals surface area contributed by atoms with Gasteiger partial charge in [-0.25, -0.2) is 4.21 Å². The first-order chi connectivity index (χ1) is 13.0. The van der Waals surface area contributed by atoms with E-state index < -0.39 is 48.0 Å². The zero-order valence-corrected chi connectivity index (χ0v) is 17.6. The summed E-state index contributed by atoms with van der Waals surface area (Å²) in [4.78, 5) is 9.39. The summed E-state index contributed by atoms with van der Waals surface area (Å²) in [5.74, 6) is -6.57. The first-order valence-electron chi connectivity index (χ1n) is 7.30. The maximum Gasteiger partial charge on any atom is 0.461 e. The lowest BCUT2D eigenvalue weighted by Gasteiger charge is -2.31. The molecule has 0 aliphatic heterocycles. The average Bonchev–Trinajstić information content (AvgIpc) is 2.59. The largest absolute Gasteiger partial charge is 0.461 e. The summed E-state index contributed by atoms with van der Waals surface area (Å²) in [6.07, 6.45) is -5.38. The zero-order chi connectivity index (χ0) is 22.4. The van der Waals surface area contributed by atoms with Crippen molar-refractivity contribution >= 4 is 48.3 Å². The lowest BCUT2D eigenvalue weighted by Crippen LogP contribution is -2.54. The van der Waals surface area contributed by atoms with Gasteiger partial charge in [-0.1, -0.05) is 50.1 Å². The average molecular weight is 575 g/mol. The number of halogens is 9. The SMILES string of the molecule is O=[N+]([O-])c1ccccc1C1(Br)C=C(S(=O)C(F)(F)C(F)(F)C(F)(F)F)C=C(Br)C1. The lowest BCUT2D eigenvalue weighted by atomic mass is 9.91. The number of hydrogen-bond donors (Lipinski definition) is 0. The molecule has 2 rings (SSSR count). The molecule has 0 aromatic heterocycles. The number of nitrogens with zero attached hydrogens (tertiary/aromatic N) is 1. The van der Waals surface area contributed by atoms with E-state index in [1.54, 1.807) is 0 Å². The molecule has 0 radical (unpaired) electrons. The topological polar surface area (TPSA) is 60.2 Å². The second-order valence-corrected chi connectivity index (χ2v) is 9.76. The van der Waals surface area contributed by atoms with Crippen molar-refractivity contribution in [2.45, 2.75) is 28.1 Å². The van der Waals surface area contributed by atoms with E-state index in [1.807, 2.05) is 0 Å². The van der Waals surface area contributed by atoms with Gasteiger partial charge in [-0.05, 0) is 16.6 Å². The Bertz CT molecular complexity index is 933. The van der Waals surface area contributed by atoms with Crippen molar-refractivity contribution in [3.05, 3.63) is 61.5 Å². The monoisotopic (exact) mass is 573 g/mol. The number of para-hydroxylation sites is 1. The van der Waals surface area contributed by atoms with Crippen molar-refractivity contribution in [2.24, 2.45) is 0 Å². The summed E-state index contributed by atoms with van der Waals surface area (Å²) in [7, 11) is -4.14. The van der Waals surface area contributed by atoms with Crippen LogP contribution in [-0.2, 0) is 15.1 Å². The van der Waals surface area contributed by atoms with Crippen LogP contribution in [-0.4, -0.2) is 26.5 Å². The number of nitro benzene ring substituents is 1. The highest BCUT2D eigenvalue weighted by molar-refractivity contribution is 9.12. The smallest absolute Gasteiger partial charge is 0.258 e. The Hall–Kier alpha value is -1.28. The molecule has 1 aliphatic rings. The van der Waals surface area contributed by atoms with Gasteiger partial charge in [0.05, 0.1) is 14.8 Å². The minimum atomic E-state index is -6.65. The normalized spacial score (nSPS) is 22.0. The van der Waals surface area contributed by atoms with Gasteiger partial charge < -0.3 is 0 Å². The summed E-state index contributed by atoms with van der Waals surface area (Å²) in [5.41, 5.74) is -0.573. The zero-order valence-electron chi connectivity index (χ0n) is 13.7. The molecular weight excluding hydrogens is 567 g/mol. The molecule has 29 heavy (non-hydrogen) atoms. The number of benzene rings is 1. The van der Waals surface area contributed by atoms with E-state index in [1.165, 1.54) is 18.2 Å². The molecule has 0 heterocycles. The van der Waals surface area contributed by atoms with Gasteiger partial charge in [-0.2, -0.15) is 30.7 Å². The fourth-order valence-corrected chi connectivity index (χ4v) is 5.92. The van der Waals surface area contributed by atoms with Crippen molar-refractivity contribution in [2.75, 3.05) is 0 Å². The van der Waals surface area contributed by atoms with Crippen LogP contribution in [0.5, 0.6) is 0 Å². The molecule has 0 spiro atoms. The molecule has 1 aromatic carbocycles. The van der Waals surface area contributed by atoms with E-state index in [4.69, 9.17) is 0 Å². The molecule has 160 valence electrons. The summed E-state index contributed by atoms with van der Waals surface area (Å²) in [6, 6.07) is 5.00. The van der Waals surface area contributed by atoms with Crippen LogP contribution in [0.3, 0.4) is 0 Å². The van der Waals surface area contributed by atoms with Gasteiger partial charge in [-0.15, -0.1) is 0 Å². The maximum atomic E-state index is 13.9. The predicted molar refractivity (Wildman–Crippen MR) is 97.5 cm³/mol. The van der Waals surface area contributed by atoms with Crippen LogP contribution in [0.15, 0.2) is 45.8 Å². The molecule has 14 heteroatoms. The first kappa shape index (κ1) is 24.0. The Labute approximate surface area is 177 Å². The Morgan fingerprint density at radius 3 is 2.17 bits per heavy atom. The van der Waals surface area contributed by atoms with Crippen molar-refractivity contribution in [3.8, 4) is 0 Å². The molecule has 1 aliphatic carbocycles. The van der Waals surface area contributed by atoms with Crippen LogP contribution >= 0.6 is 31.9 Å². The molecular formula is C15H8Br2F7NO3S. The summed E-state index contributed by atoms with van der Waals surface area (Å²) >= 11 is 6.01. The molecule has 2 atom stereocenters. The Kier molecular flexibility index (Phi) is 6.42. The van der Waals surface area contributed by atoms with Crippen LogP contribution in [0.2, 0.25) is 0 Å². The molecule has 0 fully saturated rings. The van der Waals surface area contributed by atoms with Crippen LogP contribution in [0, 0.1) is 10.1 Å². The van der Waals surface area contributed by atoms with E-state index in [-0.39, 0.29) is 16.5 Å². The Morgan fingerprint density at radius 1 is 1.10 bits per heavy atom. The summed E-state index contributed by atoms with van der Waals surface area (Å²) in [6.45, 7) is 0. The minimum absolute atomic E-state index is 0.00972. The summed E-state index contributed by atoms with van der Waals surface area (Å²) < 4.78 is 102.